The molecule has 0 saturated heterocycles. The first kappa shape index (κ1) is 16.5. The van der Waals surface area contributed by atoms with Crippen molar-refractivity contribution in [3.63, 3.8) is 0 Å². The van der Waals surface area contributed by atoms with Gasteiger partial charge in [-0.3, -0.25) is 0 Å². The Bertz CT molecular complexity index is 673. The molecular weight excluding hydrogens is 316 g/mol. The van der Waals surface area contributed by atoms with Crippen molar-refractivity contribution in [3.8, 4) is 0 Å². The van der Waals surface area contributed by atoms with Crippen LogP contribution in [0.2, 0.25) is 5.02 Å². The largest absolute Gasteiger partial charge is 0.362 e. The van der Waals surface area contributed by atoms with Gasteiger partial charge in [0, 0.05) is 43.1 Å². The van der Waals surface area contributed by atoms with Crippen LogP contribution in [0.15, 0.2) is 36.5 Å². The van der Waals surface area contributed by atoms with Gasteiger partial charge in [0.1, 0.15) is 5.82 Å². The quantitative estimate of drug-likeness (QED) is 0.836. The number of halogens is 1. The molecule has 0 amide bonds. The first-order chi connectivity index (χ1) is 10.5. The van der Waals surface area contributed by atoms with Crippen LogP contribution in [-0.4, -0.2) is 24.2 Å². The highest BCUT2D eigenvalue weighted by Gasteiger charge is 2.07. The summed E-state index contributed by atoms with van der Waals surface area (Å²) in [5, 5.41) is 7.64. The number of pyridine rings is 1. The first-order valence-electron chi connectivity index (χ1n) is 6.90. The van der Waals surface area contributed by atoms with Crippen LogP contribution < -0.4 is 15.5 Å². The summed E-state index contributed by atoms with van der Waals surface area (Å²) in [5.74, 6) is 0.928. The molecule has 2 aromatic rings. The van der Waals surface area contributed by atoms with Crippen LogP contribution in [-0.2, 0) is 6.54 Å². The standard InChI is InChI=1S/C16H19ClN4S/c1-11-13(17)7-4-8-14(11)20-16(22)19-10-12-6-5-9-18-15(12)21(2)3/h4-9H,10H2,1-3H3,(H2,19,20,22). The summed E-state index contributed by atoms with van der Waals surface area (Å²) in [5.41, 5.74) is 2.96. The van der Waals surface area contributed by atoms with Crippen LogP contribution in [0.25, 0.3) is 0 Å². The van der Waals surface area contributed by atoms with E-state index in [-0.39, 0.29) is 0 Å². The second kappa shape index (κ2) is 7.42. The summed E-state index contributed by atoms with van der Waals surface area (Å²) in [6, 6.07) is 9.65. The number of aromatic nitrogens is 1. The fraction of sp³-hybridized carbons (Fsp3) is 0.250. The maximum Gasteiger partial charge on any atom is 0.171 e. The molecule has 0 spiro atoms. The van der Waals surface area contributed by atoms with E-state index in [1.807, 2.05) is 56.3 Å². The Labute approximate surface area is 141 Å². The average Bonchev–Trinajstić information content (AvgIpc) is 2.50. The van der Waals surface area contributed by atoms with E-state index in [1.165, 1.54) is 0 Å². The van der Waals surface area contributed by atoms with Gasteiger partial charge < -0.3 is 15.5 Å². The fourth-order valence-corrected chi connectivity index (χ4v) is 2.41. The molecule has 1 aromatic carbocycles. The number of anilines is 2. The van der Waals surface area contributed by atoms with E-state index in [1.54, 1.807) is 6.20 Å². The molecule has 0 bridgehead atoms. The second-order valence-electron chi connectivity index (χ2n) is 5.10. The molecule has 4 nitrogen and oxygen atoms in total. The number of thiocarbonyl (C=S) groups is 1. The number of benzene rings is 1. The molecule has 0 fully saturated rings. The summed E-state index contributed by atoms with van der Waals surface area (Å²) in [6.45, 7) is 2.56. The SMILES string of the molecule is Cc1c(Cl)cccc1NC(=S)NCc1cccnc1N(C)C. The monoisotopic (exact) mass is 334 g/mol. The summed E-state index contributed by atoms with van der Waals surface area (Å²) < 4.78 is 0. The zero-order valence-electron chi connectivity index (χ0n) is 12.9. The van der Waals surface area contributed by atoms with Gasteiger partial charge in [-0.2, -0.15) is 0 Å². The van der Waals surface area contributed by atoms with Gasteiger partial charge in [0.25, 0.3) is 0 Å². The molecule has 0 aliphatic carbocycles. The van der Waals surface area contributed by atoms with E-state index in [9.17, 15) is 0 Å². The van der Waals surface area contributed by atoms with Gasteiger partial charge in [0.05, 0.1) is 0 Å². The van der Waals surface area contributed by atoms with Crippen molar-refractivity contribution in [2.45, 2.75) is 13.5 Å². The van der Waals surface area contributed by atoms with Crippen molar-refractivity contribution in [1.29, 1.82) is 0 Å². The second-order valence-corrected chi connectivity index (χ2v) is 5.92. The normalized spacial score (nSPS) is 10.2. The summed E-state index contributed by atoms with van der Waals surface area (Å²) in [4.78, 5) is 6.35. The Kier molecular flexibility index (Phi) is 5.57. The van der Waals surface area contributed by atoms with Crippen molar-refractivity contribution in [3.05, 3.63) is 52.7 Å². The third-order valence-electron chi connectivity index (χ3n) is 3.25. The third-order valence-corrected chi connectivity index (χ3v) is 3.90. The lowest BCUT2D eigenvalue weighted by Crippen LogP contribution is -2.29. The minimum absolute atomic E-state index is 0.555. The van der Waals surface area contributed by atoms with E-state index >= 15 is 0 Å². The number of hydrogen-bond donors (Lipinski definition) is 2. The number of hydrogen-bond acceptors (Lipinski definition) is 3. The summed E-state index contributed by atoms with van der Waals surface area (Å²) >= 11 is 11.5. The van der Waals surface area contributed by atoms with Gasteiger partial charge in [-0.1, -0.05) is 23.7 Å². The molecule has 6 heteroatoms. The Hall–Kier alpha value is -1.85. The van der Waals surface area contributed by atoms with E-state index in [2.05, 4.69) is 15.6 Å². The van der Waals surface area contributed by atoms with Crippen molar-refractivity contribution in [1.82, 2.24) is 10.3 Å². The van der Waals surface area contributed by atoms with Gasteiger partial charge in [-0.25, -0.2) is 4.98 Å². The molecule has 0 unspecified atom stereocenters. The minimum atomic E-state index is 0.555. The van der Waals surface area contributed by atoms with E-state index in [0.717, 1.165) is 27.7 Å². The Morgan fingerprint density at radius 3 is 2.77 bits per heavy atom. The topological polar surface area (TPSA) is 40.2 Å². The highest BCUT2D eigenvalue weighted by molar-refractivity contribution is 7.80. The predicted octanol–water partition coefficient (Wildman–Crippen LogP) is 3.60. The molecule has 0 radical (unpaired) electrons. The first-order valence-corrected chi connectivity index (χ1v) is 7.69. The predicted molar refractivity (Wildman–Crippen MR) is 97.8 cm³/mol. The van der Waals surface area contributed by atoms with Gasteiger partial charge in [0.2, 0.25) is 0 Å². The van der Waals surface area contributed by atoms with Crippen molar-refractivity contribution in [2.75, 3.05) is 24.3 Å². The van der Waals surface area contributed by atoms with E-state index < -0.39 is 0 Å². The molecule has 0 atom stereocenters. The van der Waals surface area contributed by atoms with Crippen LogP contribution in [0, 0.1) is 6.92 Å². The van der Waals surface area contributed by atoms with Gasteiger partial charge >= 0.3 is 0 Å². The maximum absolute atomic E-state index is 6.11. The Morgan fingerprint density at radius 1 is 1.27 bits per heavy atom. The Balaban J connectivity index is 2.00. The number of rotatable bonds is 4. The molecule has 2 N–H and O–H groups in total. The van der Waals surface area contributed by atoms with E-state index in [4.69, 9.17) is 23.8 Å². The fourth-order valence-electron chi connectivity index (χ4n) is 2.06. The van der Waals surface area contributed by atoms with Crippen LogP contribution in [0.3, 0.4) is 0 Å². The van der Waals surface area contributed by atoms with Crippen molar-refractivity contribution < 1.29 is 0 Å². The summed E-state index contributed by atoms with van der Waals surface area (Å²) in [7, 11) is 3.94. The molecule has 0 aliphatic rings. The summed E-state index contributed by atoms with van der Waals surface area (Å²) in [6.07, 6.45) is 1.78. The molecule has 0 saturated carbocycles. The molecule has 0 aliphatic heterocycles. The number of nitrogens with one attached hydrogen (secondary N) is 2. The molecule has 1 heterocycles. The lowest BCUT2D eigenvalue weighted by atomic mass is 10.2. The van der Waals surface area contributed by atoms with Crippen LogP contribution in [0.5, 0.6) is 0 Å². The molecular formula is C16H19ClN4S. The molecule has 116 valence electrons. The number of nitrogens with zero attached hydrogens (tertiary/aromatic N) is 2. The zero-order chi connectivity index (χ0) is 16.1. The van der Waals surface area contributed by atoms with Crippen LogP contribution in [0.1, 0.15) is 11.1 Å². The lowest BCUT2D eigenvalue weighted by molar-refractivity contribution is 0.900. The minimum Gasteiger partial charge on any atom is -0.362 e. The highest BCUT2D eigenvalue weighted by Crippen LogP contribution is 2.22. The highest BCUT2D eigenvalue weighted by atomic mass is 35.5. The third kappa shape index (κ3) is 4.08. The van der Waals surface area contributed by atoms with Gasteiger partial charge in [0.15, 0.2) is 5.11 Å². The van der Waals surface area contributed by atoms with Crippen molar-refractivity contribution in [2.24, 2.45) is 0 Å². The Morgan fingerprint density at radius 2 is 2.05 bits per heavy atom. The smallest absolute Gasteiger partial charge is 0.171 e. The van der Waals surface area contributed by atoms with Gasteiger partial charge in [-0.15, -0.1) is 0 Å². The maximum atomic E-state index is 6.11. The molecule has 22 heavy (non-hydrogen) atoms. The van der Waals surface area contributed by atoms with Gasteiger partial charge in [-0.05, 0) is 42.9 Å². The molecule has 1 aromatic heterocycles. The average molecular weight is 335 g/mol. The molecule has 2 rings (SSSR count). The van der Waals surface area contributed by atoms with Crippen LogP contribution in [0.4, 0.5) is 11.5 Å². The zero-order valence-corrected chi connectivity index (χ0v) is 14.4. The van der Waals surface area contributed by atoms with E-state index in [0.29, 0.717) is 11.7 Å². The van der Waals surface area contributed by atoms with Crippen molar-refractivity contribution >= 4 is 40.4 Å². The lowest BCUT2D eigenvalue weighted by Gasteiger charge is -2.17. The van der Waals surface area contributed by atoms with Crippen LogP contribution >= 0.6 is 23.8 Å².